The second-order valence-electron chi connectivity index (χ2n) is 5.22. The highest BCUT2D eigenvalue weighted by atomic mass is 16.3. The van der Waals surface area contributed by atoms with Crippen molar-refractivity contribution in [1.29, 1.82) is 0 Å². The van der Waals surface area contributed by atoms with Gasteiger partial charge in [-0.2, -0.15) is 0 Å². The van der Waals surface area contributed by atoms with Crippen LogP contribution in [-0.4, -0.2) is 35.6 Å². The van der Waals surface area contributed by atoms with Crippen LogP contribution in [0.1, 0.15) is 32.1 Å². The molecule has 1 saturated carbocycles. The molecule has 1 amide bonds. The Bertz CT molecular complexity index is 363. The Labute approximate surface area is 108 Å². The van der Waals surface area contributed by atoms with Gasteiger partial charge in [-0.3, -0.25) is 4.79 Å². The molecule has 1 aliphatic heterocycles. The Morgan fingerprint density at radius 3 is 3.00 bits per heavy atom. The van der Waals surface area contributed by atoms with Crippen LogP contribution in [0, 0.1) is 5.92 Å². The maximum absolute atomic E-state index is 12.2. The lowest BCUT2D eigenvalue weighted by atomic mass is 9.85. The molecule has 4 heteroatoms. The quantitative estimate of drug-likeness (QED) is 0.796. The van der Waals surface area contributed by atoms with Crippen LogP contribution in [0.15, 0.2) is 24.0 Å². The van der Waals surface area contributed by atoms with Crippen molar-refractivity contribution in [3.05, 3.63) is 24.0 Å². The van der Waals surface area contributed by atoms with Gasteiger partial charge in [-0.15, -0.1) is 0 Å². The van der Waals surface area contributed by atoms with Crippen LogP contribution in [0.25, 0.3) is 0 Å². The Morgan fingerprint density at radius 1 is 1.50 bits per heavy atom. The van der Waals surface area contributed by atoms with E-state index in [1.165, 1.54) is 0 Å². The van der Waals surface area contributed by atoms with Crippen molar-refractivity contribution in [2.24, 2.45) is 5.92 Å². The van der Waals surface area contributed by atoms with Crippen molar-refractivity contribution in [3.8, 4) is 0 Å². The molecule has 2 atom stereocenters. The topological polar surface area (TPSA) is 52.6 Å². The molecule has 2 rings (SSSR count). The molecule has 1 aliphatic carbocycles. The monoisotopic (exact) mass is 250 g/mol. The van der Waals surface area contributed by atoms with Gasteiger partial charge in [0.25, 0.3) is 0 Å². The summed E-state index contributed by atoms with van der Waals surface area (Å²) in [6.45, 7) is 0.170. The van der Waals surface area contributed by atoms with Crippen LogP contribution in [-0.2, 0) is 4.79 Å². The van der Waals surface area contributed by atoms with E-state index in [-0.39, 0.29) is 24.5 Å². The number of nitrogens with one attached hydrogen (secondary N) is 1. The molecule has 0 aromatic heterocycles. The fourth-order valence-electron chi connectivity index (χ4n) is 2.72. The smallest absolute Gasteiger partial charge is 0.249 e. The molecule has 4 nitrogen and oxygen atoms in total. The van der Waals surface area contributed by atoms with Gasteiger partial charge in [0.15, 0.2) is 0 Å². The predicted octanol–water partition coefficient (Wildman–Crippen LogP) is 1.39. The van der Waals surface area contributed by atoms with Crippen molar-refractivity contribution in [2.75, 3.05) is 13.7 Å². The number of hydrogen-bond donors (Lipinski definition) is 2. The van der Waals surface area contributed by atoms with Crippen LogP contribution in [0.3, 0.4) is 0 Å². The van der Waals surface area contributed by atoms with Gasteiger partial charge in [0.2, 0.25) is 5.91 Å². The number of carbonyl (C=O) groups excluding carboxylic acids is 1. The van der Waals surface area contributed by atoms with E-state index in [1.54, 1.807) is 0 Å². The molecule has 0 saturated heterocycles. The summed E-state index contributed by atoms with van der Waals surface area (Å²) in [5, 5.41) is 12.4. The lowest BCUT2D eigenvalue weighted by Gasteiger charge is -2.31. The first-order valence-electron chi connectivity index (χ1n) is 6.71. The highest BCUT2D eigenvalue weighted by molar-refractivity contribution is 5.94. The summed E-state index contributed by atoms with van der Waals surface area (Å²) >= 11 is 0. The van der Waals surface area contributed by atoms with Crippen LogP contribution in [0.2, 0.25) is 0 Å². The second kappa shape index (κ2) is 6.05. The molecule has 0 aromatic carbocycles. The molecule has 0 bridgehead atoms. The second-order valence-corrected chi connectivity index (χ2v) is 5.22. The zero-order valence-corrected chi connectivity index (χ0v) is 10.9. The van der Waals surface area contributed by atoms with Gasteiger partial charge >= 0.3 is 0 Å². The van der Waals surface area contributed by atoms with Crippen molar-refractivity contribution < 1.29 is 9.90 Å². The summed E-state index contributed by atoms with van der Waals surface area (Å²) in [5.74, 6) is 0.233. The average Bonchev–Trinajstić information content (AvgIpc) is 2.39. The third-order valence-corrected chi connectivity index (χ3v) is 3.79. The number of nitrogens with zero attached hydrogens (tertiary/aromatic N) is 1. The van der Waals surface area contributed by atoms with E-state index >= 15 is 0 Å². The maximum Gasteiger partial charge on any atom is 0.249 e. The van der Waals surface area contributed by atoms with Crippen molar-refractivity contribution in [2.45, 2.75) is 38.1 Å². The predicted molar refractivity (Wildman–Crippen MR) is 70.6 cm³/mol. The van der Waals surface area contributed by atoms with Crippen LogP contribution in [0.5, 0.6) is 0 Å². The first-order valence-corrected chi connectivity index (χ1v) is 6.71. The minimum atomic E-state index is 0.0107. The molecule has 0 unspecified atom stereocenters. The number of aliphatic hydroxyl groups excluding tert-OH is 1. The highest BCUT2D eigenvalue weighted by Crippen LogP contribution is 2.24. The number of allylic oxidation sites excluding steroid dienone is 1. The standard InChI is InChI=1S/C14H22N2O2/c1-16-8-4-6-11(9-16)14(18)15-13-7-3-2-5-12(13)10-17/h4,8-9,12-13,17H,2-3,5-7,10H2,1H3,(H,15,18)/t12-,13-/m0/s1. The average molecular weight is 250 g/mol. The SMILES string of the molecule is CN1C=CCC(C(=O)N[C@H]2CCCC[C@H]2CO)=C1. The minimum Gasteiger partial charge on any atom is -0.396 e. The minimum absolute atomic E-state index is 0.0107. The van der Waals surface area contributed by atoms with E-state index in [2.05, 4.69) is 5.32 Å². The highest BCUT2D eigenvalue weighted by Gasteiger charge is 2.26. The van der Waals surface area contributed by atoms with Crippen LogP contribution >= 0.6 is 0 Å². The van der Waals surface area contributed by atoms with Crippen molar-refractivity contribution in [3.63, 3.8) is 0 Å². The molecule has 1 heterocycles. The number of carbonyl (C=O) groups is 1. The lowest BCUT2D eigenvalue weighted by Crippen LogP contribution is -2.44. The van der Waals surface area contributed by atoms with E-state index in [9.17, 15) is 9.90 Å². The molecule has 0 aromatic rings. The Kier molecular flexibility index (Phi) is 4.42. The number of rotatable bonds is 3. The zero-order valence-electron chi connectivity index (χ0n) is 10.9. The zero-order chi connectivity index (χ0) is 13.0. The largest absolute Gasteiger partial charge is 0.396 e. The molecular formula is C14H22N2O2. The van der Waals surface area contributed by atoms with Gasteiger partial charge in [0.1, 0.15) is 0 Å². The van der Waals surface area contributed by atoms with Gasteiger partial charge in [0.05, 0.1) is 0 Å². The maximum atomic E-state index is 12.2. The summed E-state index contributed by atoms with van der Waals surface area (Å²) in [4.78, 5) is 14.0. The number of aliphatic hydroxyl groups is 1. The van der Waals surface area contributed by atoms with Gasteiger partial charge in [-0.05, 0) is 25.5 Å². The lowest BCUT2D eigenvalue weighted by molar-refractivity contribution is -0.119. The summed E-state index contributed by atoms with van der Waals surface area (Å²) in [6.07, 6.45) is 10.8. The molecule has 100 valence electrons. The number of hydrogen-bond acceptors (Lipinski definition) is 3. The van der Waals surface area contributed by atoms with E-state index < -0.39 is 0 Å². The van der Waals surface area contributed by atoms with E-state index in [0.29, 0.717) is 6.42 Å². The van der Waals surface area contributed by atoms with Crippen LogP contribution < -0.4 is 5.32 Å². The summed E-state index contributed by atoms with van der Waals surface area (Å²) < 4.78 is 0. The van der Waals surface area contributed by atoms with Crippen LogP contribution in [0.4, 0.5) is 0 Å². The van der Waals surface area contributed by atoms with Gasteiger partial charge in [-0.25, -0.2) is 0 Å². The van der Waals surface area contributed by atoms with Crippen molar-refractivity contribution >= 4 is 5.91 Å². The molecule has 2 aliphatic rings. The van der Waals surface area contributed by atoms with Gasteiger partial charge in [-0.1, -0.05) is 18.9 Å². The first-order chi connectivity index (χ1) is 8.70. The summed E-state index contributed by atoms with van der Waals surface area (Å²) in [5.41, 5.74) is 0.794. The fraction of sp³-hybridized carbons (Fsp3) is 0.643. The number of amides is 1. The van der Waals surface area contributed by atoms with Crippen molar-refractivity contribution in [1.82, 2.24) is 10.2 Å². The molecular weight excluding hydrogens is 228 g/mol. The van der Waals surface area contributed by atoms with E-state index in [4.69, 9.17) is 0 Å². The Hall–Kier alpha value is -1.29. The molecule has 18 heavy (non-hydrogen) atoms. The van der Waals surface area contributed by atoms with E-state index in [1.807, 2.05) is 30.4 Å². The Morgan fingerprint density at radius 2 is 2.28 bits per heavy atom. The first kappa shape index (κ1) is 13.1. The fourth-order valence-corrected chi connectivity index (χ4v) is 2.72. The third kappa shape index (κ3) is 3.13. The Balaban J connectivity index is 1.94. The normalized spacial score (nSPS) is 27.9. The summed E-state index contributed by atoms with van der Waals surface area (Å²) in [7, 11) is 1.92. The molecule has 0 spiro atoms. The molecule has 2 N–H and O–H groups in total. The van der Waals surface area contributed by atoms with Gasteiger partial charge < -0.3 is 15.3 Å². The van der Waals surface area contributed by atoms with Gasteiger partial charge in [0, 0.05) is 37.4 Å². The molecule has 0 radical (unpaired) electrons. The van der Waals surface area contributed by atoms with E-state index in [0.717, 1.165) is 31.3 Å². The molecule has 1 fully saturated rings. The summed E-state index contributed by atoms with van der Waals surface area (Å²) in [6, 6.07) is 0.133. The third-order valence-electron chi connectivity index (χ3n) is 3.79.